The Morgan fingerprint density at radius 3 is 3.07 bits per heavy atom. The van der Waals surface area contributed by atoms with Crippen LogP contribution >= 0.6 is 0 Å². The summed E-state index contributed by atoms with van der Waals surface area (Å²) >= 11 is 0. The predicted octanol–water partition coefficient (Wildman–Crippen LogP) is 2.61. The molecule has 1 N–H and O–H groups in total. The molecule has 2 aromatic carbocycles. The van der Waals surface area contributed by atoms with Crippen molar-refractivity contribution in [3.05, 3.63) is 48.3 Å². The summed E-state index contributed by atoms with van der Waals surface area (Å²) in [7, 11) is 1.64. The lowest BCUT2D eigenvalue weighted by Crippen LogP contribution is -2.37. The highest BCUT2D eigenvalue weighted by atomic mass is 16.5. The van der Waals surface area contributed by atoms with Gasteiger partial charge < -0.3 is 14.8 Å². The molecule has 2 heterocycles. The van der Waals surface area contributed by atoms with Gasteiger partial charge in [0.05, 0.1) is 30.2 Å². The number of hydrogen-bond donors (Lipinski definition) is 1. The molecule has 0 saturated carbocycles. The van der Waals surface area contributed by atoms with E-state index in [4.69, 9.17) is 15.9 Å². The normalized spacial score (nSPS) is 12.6. The van der Waals surface area contributed by atoms with Gasteiger partial charge in [0.2, 0.25) is 0 Å². The molecule has 0 radical (unpaired) electrons. The van der Waals surface area contributed by atoms with Crippen molar-refractivity contribution in [3.63, 3.8) is 0 Å². The molecule has 1 aliphatic heterocycles. The number of aromatic nitrogens is 2. The summed E-state index contributed by atoms with van der Waals surface area (Å²) in [5.74, 6) is 3.74. The monoisotopic (exact) mass is 374 g/mol. The number of carbonyl (C=O) groups is 1. The lowest BCUT2D eigenvalue weighted by Gasteiger charge is -2.29. The molecule has 4 rings (SSSR count). The summed E-state index contributed by atoms with van der Waals surface area (Å²) in [4.78, 5) is 22.3. The number of anilines is 2. The Labute approximate surface area is 162 Å². The average molecular weight is 374 g/mol. The molecule has 0 fully saturated rings. The highest BCUT2D eigenvalue weighted by molar-refractivity contribution is 6.09. The van der Waals surface area contributed by atoms with Crippen LogP contribution in [0.5, 0.6) is 11.5 Å². The lowest BCUT2D eigenvalue weighted by molar-refractivity contribution is -0.113. The summed E-state index contributed by atoms with van der Waals surface area (Å²) in [5, 5.41) is 4.05. The smallest absolute Gasteiger partial charge is 0.302 e. The SMILES string of the molecule is C#CC(=O)N1CCOc2c1ccc1ncnc(NCc3cccc(OC)c3)c21. The van der Waals surface area contributed by atoms with Crippen LogP contribution in [0.25, 0.3) is 10.9 Å². The van der Waals surface area contributed by atoms with Crippen LogP contribution in [-0.2, 0) is 11.3 Å². The fourth-order valence-corrected chi connectivity index (χ4v) is 3.22. The van der Waals surface area contributed by atoms with Gasteiger partial charge in [-0.25, -0.2) is 9.97 Å². The van der Waals surface area contributed by atoms with Crippen LogP contribution in [0.3, 0.4) is 0 Å². The maximum Gasteiger partial charge on any atom is 0.302 e. The zero-order chi connectivity index (χ0) is 19.5. The first-order valence-electron chi connectivity index (χ1n) is 8.76. The van der Waals surface area contributed by atoms with E-state index in [-0.39, 0.29) is 0 Å². The summed E-state index contributed by atoms with van der Waals surface area (Å²) in [5.41, 5.74) is 2.39. The number of rotatable bonds is 4. The third-order valence-electron chi connectivity index (χ3n) is 4.55. The molecular formula is C21H18N4O3. The predicted molar refractivity (Wildman–Crippen MR) is 107 cm³/mol. The number of benzene rings is 2. The number of hydrogen-bond acceptors (Lipinski definition) is 6. The first-order chi connectivity index (χ1) is 13.7. The number of nitrogens with zero attached hydrogens (tertiary/aromatic N) is 3. The van der Waals surface area contributed by atoms with Gasteiger partial charge in [-0.15, -0.1) is 6.42 Å². The summed E-state index contributed by atoms with van der Waals surface area (Å²) < 4.78 is 11.2. The van der Waals surface area contributed by atoms with Crippen LogP contribution < -0.4 is 19.7 Å². The molecule has 3 aromatic rings. The van der Waals surface area contributed by atoms with E-state index in [0.29, 0.717) is 37.0 Å². The molecule has 0 spiro atoms. The maximum absolute atomic E-state index is 12.1. The van der Waals surface area contributed by atoms with Gasteiger partial charge in [-0.3, -0.25) is 9.69 Å². The summed E-state index contributed by atoms with van der Waals surface area (Å²) in [6.45, 7) is 1.30. The quantitative estimate of drug-likeness (QED) is 0.708. The molecule has 28 heavy (non-hydrogen) atoms. The molecule has 0 bridgehead atoms. The van der Waals surface area contributed by atoms with Gasteiger partial charge in [-0.1, -0.05) is 12.1 Å². The van der Waals surface area contributed by atoms with Crippen LogP contribution in [0.15, 0.2) is 42.7 Å². The van der Waals surface area contributed by atoms with Crippen molar-refractivity contribution in [3.8, 4) is 23.8 Å². The Morgan fingerprint density at radius 2 is 2.25 bits per heavy atom. The Morgan fingerprint density at radius 1 is 1.36 bits per heavy atom. The molecule has 7 nitrogen and oxygen atoms in total. The average Bonchev–Trinajstić information content (AvgIpc) is 2.76. The number of ether oxygens (including phenoxy) is 2. The first kappa shape index (κ1) is 17.6. The molecule has 0 atom stereocenters. The number of carbonyl (C=O) groups excluding carboxylic acids is 1. The van der Waals surface area contributed by atoms with Crippen molar-refractivity contribution in [1.82, 2.24) is 9.97 Å². The van der Waals surface area contributed by atoms with Crippen molar-refractivity contribution >= 4 is 28.3 Å². The minimum atomic E-state index is -0.397. The van der Waals surface area contributed by atoms with Crippen LogP contribution in [-0.4, -0.2) is 36.1 Å². The minimum Gasteiger partial charge on any atom is -0.497 e. The topological polar surface area (TPSA) is 76.6 Å². The summed E-state index contributed by atoms with van der Waals surface area (Å²) in [6.07, 6.45) is 6.80. The van der Waals surface area contributed by atoms with E-state index < -0.39 is 5.91 Å². The molecule has 1 amide bonds. The number of nitrogens with one attached hydrogen (secondary N) is 1. The largest absolute Gasteiger partial charge is 0.497 e. The molecule has 140 valence electrons. The van der Waals surface area contributed by atoms with Gasteiger partial charge in [0.25, 0.3) is 0 Å². The van der Waals surface area contributed by atoms with E-state index >= 15 is 0 Å². The number of fused-ring (bicyclic) bond motifs is 3. The number of methoxy groups -OCH3 is 1. The van der Waals surface area contributed by atoms with Gasteiger partial charge >= 0.3 is 5.91 Å². The third-order valence-corrected chi connectivity index (χ3v) is 4.55. The molecule has 0 unspecified atom stereocenters. The van der Waals surface area contributed by atoms with Gasteiger partial charge in [-0.2, -0.15) is 0 Å². The maximum atomic E-state index is 12.1. The Balaban J connectivity index is 1.73. The Bertz CT molecular complexity index is 1090. The molecule has 0 aliphatic carbocycles. The zero-order valence-corrected chi connectivity index (χ0v) is 15.3. The molecular weight excluding hydrogens is 356 g/mol. The van der Waals surface area contributed by atoms with Crippen molar-refractivity contribution in [2.24, 2.45) is 0 Å². The second kappa shape index (κ2) is 7.45. The van der Waals surface area contributed by atoms with Crippen LogP contribution in [0.2, 0.25) is 0 Å². The van der Waals surface area contributed by atoms with Crippen molar-refractivity contribution in [2.75, 3.05) is 30.5 Å². The van der Waals surface area contributed by atoms with E-state index in [2.05, 4.69) is 21.2 Å². The van der Waals surface area contributed by atoms with Gasteiger partial charge in [0, 0.05) is 6.54 Å². The highest BCUT2D eigenvalue weighted by Gasteiger charge is 2.26. The van der Waals surface area contributed by atoms with Crippen LogP contribution in [0, 0.1) is 12.3 Å². The standard InChI is InChI=1S/C21H18N4O3/c1-3-18(26)25-9-10-28-20-17(25)8-7-16-19(20)21(24-13-23-16)22-12-14-5-4-6-15(11-14)27-2/h1,4-8,11,13H,9-10,12H2,2H3,(H,22,23,24). The second-order valence-corrected chi connectivity index (χ2v) is 6.18. The number of terminal acetylenes is 1. The zero-order valence-electron chi connectivity index (χ0n) is 15.3. The molecule has 7 heteroatoms. The van der Waals surface area contributed by atoms with Crippen molar-refractivity contribution in [1.29, 1.82) is 0 Å². The van der Waals surface area contributed by atoms with Gasteiger partial charge in [-0.05, 0) is 35.7 Å². The second-order valence-electron chi connectivity index (χ2n) is 6.18. The van der Waals surface area contributed by atoms with E-state index in [9.17, 15) is 4.79 Å². The van der Waals surface area contributed by atoms with Gasteiger partial charge in [0.15, 0.2) is 5.75 Å². The third kappa shape index (κ3) is 3.16. The van der Waals surface area contributed by atoms with Crippen molar-refractivity contribution < 1.29 is 14.3 Å². The fraction of sp³-hybridized carbons (Fsp3) is 0.190. The van der Waals surface area contributed by atoms with Gasteiger partial charge in [0.1, 0.15) is 24.5 Å². The summed E-state index contributed by atoms with van der Waals surface area (Å²) in [6, 6.07) is 11.4. The Hall–Kier alpha value is -3.79. The molecule has 1 aromatic heterocycles. The lowest BCUT2D eigenvalue weighted by atomic mass is 10.1. The van der Waals surface area contributed by atoms with Crippen LogP contribution in [0.4, 0.5) is 11.5 Å². The molecule has 0 saturated heterocycles. The number of amides is 1. The van der Waals surface area contributed by atoms with E-state index in [1.54, 1.807) is 13.2 Å². The minimum absolute atomic E-state index is 0.351. The first-order valence-corrected chi connectivity index (χ1v) is 8.76. The van der Waals surface area contributed by atoms with E-state index in [1.807, 2.05) is 30.3 Å². The van der Waals surface area contributed by atoms with E-state index in [0.717, 1.165) is 22.2 Å². The van der Waals surface area contributed by atoms with Crippen molar-refractivity contribution in [2.45, 2.75) is 6.54 Å². The fourth-order valence-electron chi connectivity index (χ4n) is 3.22. The van der Waals surface area contributed by atoms with Crippen LogP contribution in [0.1, 0.15) is 5.56 Å². The Kier molecular flexibility index (Phi) is 4.68. The highest BCUT2D eigenvalue weighted by Crippen LogP contribution is 2.40. The molecule has 1 aliphatic rings. The van der Waals surface area contributed by atoms with E-state index in [1.165, 1.54) is 11.2 Å².